The molecule has 0 bridgehead atoms. The van der Waals surface area contributed by atoms with Crippen molar-refractivity contribution in [1.82, 2.24) is 10.2 Å². The maximum Gasteiger partial charge on any atom is 0.0104 e. The topological polar surface area (TPSA) is 15.3 Å². The van der Waals surface area contributed by atoms with Gasteiger partial charge >= 0.3 is 0 Å². The summed E-state index contributed by atoms with van der Waals surface area (Å²) < 4.78 is 0. The second-order valence-electron chi connectivity index (χ2n) is 6.80. The van der Waals surface area contributed by atoms with Gasteiger partial charge in [0.2, 0.25) is 0 Å². The summed E-state index contributed by atoms with van der Waals surface area (Å²) in [6.07, 6.45) is 8.75. The van der Waals surface area contributed by atoms with E-state index < -0.39 is 0 Å². The number of likely N-dealkylation sites (N-methyl/N-ethyl adjacent to an activating group) is 1. The molecule has 0 saturated heterocycles. The van der Waals surface area contributed by atoms with E-state index in [0.717, 1.165) is 12.5 Å². The Balaban J connectivity index is 2.12. The fourth-order valence-corrected chi connectivity index (χ4v) is 2.70. The second-order valence-corrected chi connectivity index (χ2v) is 6.80. The number of nitrogens with one attached hydrogen (secondary N) is 1. The van der Waals surface area contributed by atoms with Crippen LogP contribution in [0.5, 0.6) is 0 Å². The monoisotopic (exact) mass is 240 g/mol. The van der Waals surface area contributed by atoms with Crippen LogP contribution in [0.2, 0.25) is 0 Å². The van der Waals surface area contributed by atoms with Crippen LogP contribution in [0.4, 0.5) is 0 Å². The first kappa shape index (κ1) is 15.0. The van der Waals surface area contributed by atoms with E-state index in [2.05, 4.69) is 38.0 Å². The highest BCUT2D eigenvalue weighted by molar-refractivity contribution is 4.72. The predicted octanol–water partition coefficient (Wildman–Crippen LogP) is 3.28. The maximum atomic E-state index is 3.56. The summed E-state index contributed by atoms with van der Waals surface area (Å²) in [5.74, 6) is 0.956. The van der Waals surface area contributed by atoms with Crippen LogP contribution in [-0.2, 0) is 0 Å². The van der Waals surface area contributed by atoms with Gasteiger partial charge < -0.3 is 10.2 Å². The molecule has 102 valence electrons. The van der Waals surface area contributed by atoms with E-state index in [9.17, 15) is 0 Å². The molecule has 0 aromatic heterocycles. The lowest BCUT2D eigenvalue weighted by molar-refractivity contribution is 0.251. The van der Waals surface area contributed by atoms with Crippen LogP contribution < -0.4 is 5.32 Å². The highest BCUT2D eigenvalue weighted by atomic mass is 15.1. The van der Waals surface area contributed by atoms with Gasteiger partial charge in [0.15, 0.2) is 0 Å². The molecule has 0 aliphatic heterocycles. The van der Waals surface area contributed by atoms with Crippen molar-refractivity contribution < 1.29 is 0 Å². The first-order valence-corrected chi connectivity index (χ1v) is 7.41. The molecular formula is C15H32N2. The molecule has 0 spiro atoms. The van der Waals surface area contributed by atoms with Crippen molar-refractivity contribution in [3.63, 3.8) is 0 Å². The van der Waals surface area contributed by atoms with E-state index in [1.165, 1.54) is 51.6 Å². The van der Waals surface area contributed by atoms with Gasteiger partial charge in [-0.05, 0) is 46.6 Å². The zero-order valence-electron chi connectivity index (χ0n) is 12.4. The minimum Gasteiger partial charge on any atom is -0.311 e. The third-order valence-electron chi connectivity index (χ3n) is 3.69. The molecule has 0 heterocycles. The Kier molecular flexibility index (Phi) is 6.50. The van der Waals surface area contributed by atoms with Gasteiger partial charge in [0, 0.05) is 25.2 Å². The van der Waals surface area contributed by atoms with Crippen molar-refractivity contribution in [2.75, 3.05) is 26.7 Å². The summed E-state index contributed by atoms with van der Waals surface area (Å²) in [7, 11) is 2.27. The Morgan fingerprint density at radius 3 is 2.18 bits per heavy atom. The number of hydrogen-bond donors (Lipinski definition) is 1. The Bertz CT molecular complexity index is 188. The fraction of sp³-hybridized carbons (Fsp3) is 1.00. The molecule has 0 unspecified atom stereocenters. The summed E-state index contributed by atoms with van der Waals surface area (Å²) in [5, 5.41) is 3.56. The average Bonchev–Trinajstić information content (AvgIpc) is 2.44. The summed E-state index contributed by atoms with van der Waals surface area (Å²) in [6.45, 7) is 10.3. The maximum absolute atomic E-state index is 3.56. The first-order chi connectivity index (χ1) is 7.97. The Morgan fingerprint density at radius 2 is 1.65 bits per heavy atom. The van der Waals surface area contributed by atoms with Crippen molar-refractivity contribution in [3.05, 3.63) is 0 Å². The van der Waals surface area contributed by atoms with Crippen molar-refractivity contribution in [3.8, 4) is 0 Å². The molecule has 1 fully saturated rings. The normalized spacial score (nSPS) is 19.6. The highest BCUT2D eigenvalue weighted by Crippen LogP contribution is 2.23. The molecule has 17 heavy (non-hydrogen) atoms. The van der Waals surface area contributed by atoms with Crippen molar-refractivity contribution in [2.45, 2.75) is 64.8 Å². The molecule has 1 saturated carbocycles. The summed E-state index contributed by atoms with van der Waals surface area (Å²) >= 11 is 0. The summed E-state index contributed by atoms with van der Waals surface area (Å²) in [5.41, 5.74) is 0.253. The van der Waals surface area contributed by atoms with Crippen LogP contribution >= 0.6 is 0 Å². The standard InChI is InChI=1S/C15H32N2/c1-15(2,3)16-11-12-17(4)13-14-9-7-5-6-8-10-14/h14,16H,5-13H2,1-4H3. The van der Waals surface area contributed by atoms with E-state index in [0.29, 0.717) is 0 Å². The van der Waals surface area contributed by atoms with Crippen LogP contribution in [-0.4, -0.2) is 37.1 Å². The molecule has 2 heteroatoms. The van der Waals surface area contributed by atoms with Gasteiger partial charge in [0.25, 0.3) is 0 Å². The van der Waals surface area contributed by atoms with Crippen LogP contribution in [0.25, 0.3) is 0 Å². The Hall–Kier alpha value is -0.0800. The van der Waals surface area contributed by atoms with Gasteiger partial charge in [0.1, 0.15) is 0 Å². The molecule has 1 rings (SSSR count). The minimum atomic E-state index is 0.253. The smallest absolute Gasteiger partial charge is 0.0104 e. The first-order valence-electron chi connectivity index (χ1n) is 7.41. The van der Waals surface area contributed by atoms with Gasteiger partial charge in [0.05, 0.1) is 0 Å². The Labute approximate surface area is 108 Å². The third-order valence-corrected chi connectivity index (χ3v) is 3.69. The van der Waals surface area contributed by atoms with E-state index in [1.807, 2.05) is 0 Å². The molecule has 1 N–H and O–H groups in total. The minimum absolute atomic E-state index is 0.253. The van der Waals surface area contributed by atoms with Crippen LogP contribution in [0.3, 0.4) is 0 Å². The van der Waals surface area contributed by atoms with Crippen LogP contribution in [0.1, 0.15) is 59.3 Å². The SMILES string of the molecule is CN(CCNC(C)(C)C)CC1CCCCCC1. The molecular weight excluding hydrogens is 208 g/mol. The van der Waals surface area contributed by atoms with E-state index >= 15 is 0 Å². The summed E-state index contributed by atoms with van der Waals surface area (Å²) in [6, 6.07) is 0. The molecule has 1 aliphatic carbocycles. The van der Waals surface area contributed by atoms with Gasteiger partial charge in [-0.3, -0.25) is 0 Å². The molecule has 0 amide bonds. The lowest BCUT2D eigenvalue weighted by Gasteiger charge is -2.26. The van der Waals surface area contributed by atoms with Gasteiger partial charge in [-0.25, -0.2) is 0 Å². The van der Waals surface area contributed by atoms with Crippen molar-refractivity contribution in [1.29, 1.82) is 0 Å². The van der Waals surface area contributed by atoms with Gasteiger partial charge in [-0.2, -0.15) is 0 Å². The van der Waals surface area contributed by atoms with E-state index in [1.54, 1.807) is 0 Å². The number of rotatable bonds is 5. The lowest BCUT2D eigenvalue weighted by Crippen LogP contribution is -2.41. The lowest BCUT2D eigenvalue weighted by atomic mass is 10.00. The van der Waals surface area contributed by atoms with Crippen LogP contribution in [0.15, 0.2) is 0 Å². The molecule has 0 aromatic carbocycles. The van der Waals surface area contributed by atoms with E-state index in [4.69, 9.17) is 0 Å². The number of nitrogens with zero attached hydrogens (tertiary/aromatic N) is 1. The van der Waals surface area contributed by atoms with Gasteiger partial charge in [-0.15, -0.1) is 0 Å². The van der Waals surface area contributed by atoms with Crippen LogP contribution in [0, 0.1) is 5.92 Å². The molecule has 0 aromatic rings. The molecule has 0 radical (unpaired) electrons. The molecule has 1 aliphatic rings. The summed E-state index contributed by atoms with van der Waals surface area (Å²) in [4.78, 5) is 2.51. The third kappa shape index (κ3) is 7.77. The molecule has 0 atom stereocenters. The second kappa shape index (κ2) is 7.38. The van der Waals surface area contributed by atoms with Gasteiger partial charge in [-0.1, -0.05) is 25.7 Å². The molecule has 2 nitrogen and oxygen atoms in total. The van der Waals surface area contributed by atoms with Crippen molar-refractivity contribution >= 4 is 0 Å². The predicted molar refractivity (Wildman–Crippen MR) is 76.4 cm³/mol. The average molecular weight is 240 g/mol. The zero-order valence-corrected chi connectivity index (χ0v) is 12.4. The Morgan fingerprint density at radius 1 is 1.06 bits per heavy atom. The zero-order chi connectivity index (χ0) is 12.7. The highest BCUT2D eigenvalue weighted by Gasteiger charge is 2.14. The number of hydrogen-bond acceptors (Lipinski definition) is 2. The largest absolute Gasteiger partial charge is 0.311 e. The van der Waals surface area contributed by atoms with Crippen molar-refractivity contribution in [2.24, 2.45) is 5.92 Å². The quantitative estimate of drug-likeness (QED) is 0.742. The van der Waals surface area contributed by atoms with E-state index in [-0.39, 0.29) is 5.54 Å². The fourth-order valence-electron chi connectivity index (χ4n) is 2.70.